The first-order valence-electron chi connectivity index (χ1n) is 10.5. The number of carbonyl (C=O) groups is 2. The van der Waals surface area contributed by atoms with E-state index in [1.165, 1.54) is 31.2 Å². The van der Waals surface area contributed by atoms with Crippen molar-refractivity contribution in [3.63, 3.8) is 0 Å². The molecule has 1 aromatic carbocycles. The lowest BCUT2D eigenvalue weighted by atomic mass is 9.67. The fourth-order valence-electron chi connectivity index (χ4n) is 5.23. The minimum atomic E-state index is -1.15. The summed E-state index contributed by atoms with van der Waals surface area (Å²) < 4.78 is 11.7. The van der Waals surface area contributed by atoms with E-state index in [4.69, 9.17) is 9.47 Å². The molecule has 0 aromatic heterocycles. The van der Waals surface area contributed by atoms with Crippen LogP contribution in [0.25, 0.3) is 0 Å². The number of ether oxygens (including phenoxy) is 2. The highest BCUT2D eigenvalue weighted by molar-refractivity contribution is 5.89. The average Bonchev–Trinajstić information content (AvgIpc) is 2.78. The van der Waals surface area contributed by atoms with E-state index >= 15 is 0 Å². The molecule has 0 radical (unpaired) electrons. The highest BCUT2D eigenvalue weighted by Gasteiger charge is 2.65. The van der Waals surface area contributed by atoms with Crippen LogP contribution in [0.4, 0.5) is 0 Å². The number of phenolic OH excluding ortho intramolecular Hbond substituents is 1. The lowest BCUT2D eigenvalue weighted by Gasteiger charge is -2.43. The number of phenols is 1. The van der Waals surface area contributed by atoms with Crippen molar-refractivity contribution in [1.29, 1.82) is 0 Å². The third kappa shape index (κ3) is 3.97. The van der Waals surface area contributed by atoms with E-state index in [-0.39, 0.29) is 17.6 Å². The molecule has 1 fully saturated rings. The van der Waals surface area contributed by atoms with Crippen LogP contribution in [0.3, 0.4) is 0 Å². The van der Waals surface area contributed by atoms with Crippen LogP contribution in [0, 0.1) is 17.3 Å². The Kier molecular flexibility index (Phi) is 6.01. The number of esters is 2. The van der Waals surface area contributed by atoms with Gasteiger partial charge in [0.05, 0.1) is 11.2 Å². The molecule has 3 rings (SSSR count). The van der Waals surface area contributed by atoms with Crippen molar-refractivity contribution in [3.8, 4) is 5.75 Å². The topological polar surface area (TPSA) is 93.1 Å². The molecule has 1 saturated carbocycles. The van der Waals surface area contributed by atoms with Gasteiger partial charge in [-0.3, -0.25) is 4.79 Å². The lowest BCUT2D eigenvalue weighted by Crippen LogP contribution is -2.50. The average molecular weight is 417 g/mol. The molecule has 0 unspecified atom stereocenters. The molecule has 2 aliphatic rings. The third-order valence-corrected chi connectivity index (χ3v) is 6.95. The van der Waals surface area contributed by atoms with Gasteiger partial charge in [-0.1, -0.05) is 32.4 Å². The van der Waals surface area contributed by atoms with Crippen LogP contribution >= 0.6 is 0 Å². The molecule has 2 N–H and O–H groups in total. The second kappa shape index (κ2) is 8.06. The second-order valence-electron chi connectivity index (χ2n) is 9.38. The van der Waals surface area contributed by atoms with E-state index in [0.29, 0.717) is 24.8 Å². The van der Waals surface area contributed by atoms with Crippen LogP contribution in [0.2, 0.25) is 0 Å². The Morgan fingerprint density at radius 3 is 2.37 bits per heavy atom. The van der Waals surface area contributed by atoms with Crippen molar-refractivity contribution in [2.75, 3.05) is 0 Å². The first kappa shape index (κ1) is 22.3. The molecule has 0 aliphatic heterocycles. The summed E-state index contributed by atoms with van der Waals surface area (Å²) in [6.45, 7) is 9.27. The number of hydrogen-bond acceptors (Lipinski definition) is 6. The number of fused-ring (bicyclic) bond motifs is 1. The molecule has 1 aromatic rings. The van der Waals surface area contributed by atoms with Gasteiger partial charge < -0.3 is 19.7 Å². The number of hydrogen-bond donors (Lipinski definition) is 2. The van der Waals surface area contributed by atoms with E-state index in [1.54, 1.807) is 0 Å². The van der Waals surface area contributed by atoms with E-state index in [1.807, 2.05) is 27.7 Å². The Hall–Kier alpha value is -2.34. The fraction of sp³-hybridized carbons (Fsp3) is 0.583. The Bertz CT molecular complexity index is 842. The van der Waals surface area contributed by atoms with Gasteiger partial charge in [-0.05, 0) is 43.5 Å². The quantitative estimate of drug-likeness (QED) is 0.569. The summed E-state index contributed by atoms with van der Waals surface area (Å²) >= 11 is 0. The van der Waals surface area contributed by atoms with E-state index in [0.717, 1.165) is 5.57 Å². The van der Waals surface area contributed by atoms with Crippen LogP contribution in [-0.2, 0) is 14.3 Å². The Morgan fingerprint density at radius 2 is 1.80 bits per heavy atom. The van der Waals surface area contributed by atoms with Gasteiger partial charge in [0.1, 0.15) is 18.0 Å². The van der Waals surface area contributed by atoms with Gasteiger partial charge in [-0.15, -0.1) is 0 Å². The standard InChI is InChI=1S/C24H32O6/c1-14(2)24(28)13-20(29-16(4)25)23(5)11-10-15(3)12-19(21(23)24)30-22(27)17-6-8-18(26)9-7-17/h6-10,14,19-21,26,28H,11-13H2,1-5H3/t19-,20-,21-,23-,24+/m0/s1. The van der Waals surface area contributed by atoms with Gasteiger partial charge in [0.2, 0.25) is 0 Å². The molecule has 164 valence electrons. The van der Waals surface area contributed by atoms with Gasteiger partial charge in [0.15, 0.2) is 0 Å². The van der Waals surface area contributed by atoms with Gasteiger partial charge in [0, 0.05) is 31.1 Å². The number of allylic oxidation sites excluding steroid dienone is 1. The lowest BCUT2D eigenvalue weighted by molar-refractivity contribution is -0.153. The zero-order valence-corrected chi connectivity index (χ0v) is 18.3. The Labute approximate surface area is 177 Å². The molecule has 6 nitrogen and oxygen atoms in total. The zero-order valence-electron chi connectivity index (χ0n) is 18.3. The predicted octanol–water partition coefficient (Wildman–Crippen LogP) is 4.00. The molecule has 0 bridgehead atoms. The summed E-state index contributed by atoms with van der Waals surface area (Å²) in [6.07, 6.45) is 2.51. The summed E-state index contributed by atoms with van der Waals surface area (Å²) in [7, 11) is 0. The van der Waals surface area contributed by atoms with E-state index in [9.17, 15) is 19.8 Å². The van der Waals surface area contributed by atoms with Crippen molar-refractivity contribution in [1.82, 2.24) is 0 Å². The Morgan fingerprint density at radius 1 is 1.17 bits per heavy atom. The molecule has 2 aliphatic carbocycles. The molecule has 0 spiro atoms. The SMILES string of the molecule is CC(=O)O[C@H]1C[C@@](O)(C(C)C)[C@H]2[C@@H](OC(=O)c3ccc(O)cc3)CC(C)=CC[C@@]12C. The van der Waals surface area contributed by atoms with Crippen molar-refractivity contribution in [2.45, 2.75) is 71.7 Å². The summed E-state index contributed by atoms with van der Waals surface area (Å²) in [6, 6.07) is 5.91. The summed E-state index contributed by atoms with van der Waals surface area (Å²) in [4.78, 5) is 24.7. The molecule has 0 saturated heterocycles. The summed E-state index contributed by atoms with van der Waals surface area (Å²) in [5.41, 5.74) is -0.305. The smallest absolute Gasteiger partial charge is 0.338 e. The summed E-state index contributed by atoms with van der Waals surface area (Å²) in [5.74, 6) is -1.32. The number of benzene rings is 1. The molecule has 0 amide bonds. The monoisotopic (exact) mass is 416 g/mol. The largest absolute Gasteiger partial charge is 0.508 e. The Balaban J connectivity index is 2.00. The van der Waals surface area contributed by atoms with Gasteiger partial charge in [-0.25, -0.2) is 4.79 Å². The van der Waals surface area contributed by atoms with Gasteiger partial charge >= 0.3 is 11.9 Å². The van der Waals surface area contributed by atoms with E-state index < -0.39 is 35.1 Å². The molecule has 30 heavy (non-hydrogen) atoms. The maximum atomic E-state index is 12.9. The highest BCUT2D eigenvalue weighted by atomic mass is 16.6. The normalized spacial score (nSPS) is 33.4. The maximum Gasteiger partial charge on any atom is 0.338 e. The van der Waals surface area contributed by atoms with Crippen LogP contribution in [0.1, 0.15) is 64.2 Å². The minimum absolute atomic E-state index is 0.0709. The number of rotatable bonds is 4. The van der Waals surface area contributed by atoms with Crippen LogP contribution in [0.5, 0.6) is 5.75 Å². The van der Waals surface area contributed by atoms with Crippen LogP contribution in [-0.4, -0.2) is 40.0 Å². The third-order valence-electron chi connectivity index (χ3n) is 6.95. The van der Waals surface area contributed by atoms with Crippen molar-refractivity contribution in [3.05, 3.63) is 41.5 Å². The molecule has 5 atom stereocenters. The van der Waals surface area contributed by atoms with Crippen molar-refractivity contribution >= 4 is 11.9 Å². The van der Waals surface area contributed by atoms with E-state index in [2.05, 4.69) is 6.08 Å². The van der Waals surface area contributed by atoms with Crippen molar-refractivity contribution in [2.24, 2.45) is 17.3 Å². The van der Waals surface area contributed by atoms with Gasteiger partial charge in [0.25, 0.3) is 0 Å². The molecular weight excluding hydrogens is 384 g/mol. The summed E-state index contributed by atoms with van der Waals surface area (Å²) in [5, 5.41) is 21.3. The molecular formula is C24H32O6. The van der Waals surface area contributed by atoms with Crippen molar-refractivity contribution < 1.29 is 29.3 Å². The predicted molar refractivity (Wildman–Crippen MR) is 112 cm³/mol. The first-order chi connectivity index (χ1) is 14.0. The number of aliphatic hydroxyl groups is 1. The molecule has 6 heteroatoms. The number of aromatic hydroxyl groups is 1. The van der Waals surface area contributed by atoms with Crippen LogP contribution < -0.4 is 0 Å². The van der Waals surface area contributed by atoms with Crippen LogP contribution in [0.15, 0.2) is 35.9 Å². The minimum Gasteiger partial charge on any atom is -0.508 e. The first-order valence-corrected chi connectivity index (χ1v) is 10.5. The highest BCUT2D eigenvalue weighted by Crippen LogP contribution is 2.59. The number of carbonyl (C=O) groups excluding carboxylic acids is 2. The maximum absolute atomic E-state index is 12.9. The van der Waals surface area contributed by atoms with Gasteiger partial charge in [-0.2, -0.15) is 0 Å². The fourth-order valence-corrected chi connectivity index (χ4v) is 5.23. The zero-order chi connectivity index (χ0) is 22.3. The second-order valence-corrected chi connectivity index (χ2v) is 9.38. The molecule has 0 heterocycles.